The summed E-state index contributed by atoms with van der Waals surface area (Å²) >= 11 is 1.78. The molecule has 2 aromatic heterocycles. The molecule has 0 aliphatic rings. The molecule has 0 saturated carbocycles. The van der Waals surface area contributed by atoms with Crippen LogP contribution >= 0.6 is 11.8 Å². The van der Waals surface area contributed by atoms with E-state index in [0.29, 0.717) is 35.9 Å². The quantitative estimate of drug-likeness (QED) is 0.224. The number of thioether (sulfide) groups is 1. The topological polar surface area (TPSA) is 131 Å². The van der Waals surface area contributed by atoms with Gasteiger partial charge in [-0.15, -0.1) is 0 Å². The number of carbonyl (C=O) groups excluding carboxylic acids is 2. The molecule has 3 rings (SSSR count). The Morgan fingerprint density at radius 3 is 2.67 bits per heavy atom. The van der Waals surface area contributed by atoms with Gasteiger partial charge in [0.1, 0.15) is 24.2 Å². The third-order valence-corrected chi connectivity index (χ3v) is 5.73. The third-order valence-electron chi connectivity index (χ3n) is 4.68. The summed E-state index contributed by atoms with van der Waals surface area (Å²) < 4.78 is 17.8. The Kier molecular flexibility index (Phi) is 9.02. The monoisotopic (exact) mass is 473 g/mol. The minimum absolute atomic E-state index is 0.141. The van der Waals surface area contributed by atoms with E-state index < -0.39 is 5.97 Å². The summed E-state index contributed by atoms with van der Waals surface area (Å²) in [6, 6.07) is 4.74. The molecule has 1 aromatic carbocycles. The van der Waals surface area contributed by atoms with Crippen molar-refractivity contribution < 1.29 is 23.8 Å². The van der Waals surface area contributed by atoms with Crippen molar-refractivity contribution in [2.45, 2.75) is 19.9 Å². The fraction of sp³-hybridized carbons (Fsp3) is 0.409. The van der Waals surface area contributed by atoms with Crippen LogP contribution in [0.2, 0.25) is 0 Å². The van der Waals surface area contributed by atoms with E-state index in [1.165, 1.54) is 26.4 Å². The molecule has 0 atom stereocenters. The first-order valence-corrected chi connectivity index (χ1v) is 11.6. The van der Waals surface area contributed by atoms with Gasteiger partial charge in [-0.2, -0.15) is 11.8 Å². The van der Waals surface area contributed by atoms with Crippen LogP contribution in [-0.2, 0) is 16.0 Å². The van der Waals surface area contributed by atoms with Crippen molar-refractivity contribution in [1.29, 1.82) is 0 Å². The second-order valence-corrected chi connectivity index (χ2v) is 8.34. The fourth-order valence-corrected chi connectivity index (χ4v) is 3.83. The van der Waals surface area contributed by atoms with Crippen molar-refractivity contribution in [2.75, 3.05) is 44.2 Å². The van der Waals surface area contributed by atoms with Crippen LogP contribution in [0.5, 0.6) is 5.75 Å². The molecule has 11 heteroatoms. The highest BCUT2D eigenvalue weighted by Crippen LogP contribution is 2.20. The van der Waals surface area contributed by atoms with Crippen LogP contribution in [0.3, 0.4) is 0 Å². The number of nitrogens with zero attached hydrogens (tertiary/aromatic N) is 4. The van der Waals surface area contributed by atoms with Crippen molar-refractivity contribution in [3.8, 4) is 5.75 Å². The Hall–Kier alpha value is -3.18. The number of anilines is 1. The number of esters is 1. The summed E-state index contributed by atoms with van der Waals surface area (Å²) in [6.07, 6.45) is 3.97. The van der Waals surface area contributed by atoms with Crippen molar-refractivity contribution in [2.24, 2.45) is 0 Å². The SMILES string of the molecule is COCCOC(=O)c1cc(OCCCSCCn2cnc3c(N)ncnc32)cc(C(C)=O)c1. The largest absolute Gasteiger partial charge is 0.494 e. The maximum atomic E-state index is 12.2. The van der Waals surface area contributed by atoms with E-state index in [9.17, 15) is 9.59 Å². The first-order valence-electron chi connectivity index (χ1n) is 10.4. The van der Waals surface area contributed by atoms with Gasteiger partial charge in [-0.25, -0.2) is 19.7 Å². The molecular formula is C22H27N5O5S. The predicted octanol–water partition coefficient (Wildman–Crippen LogP) is 2.62. The standard InChI is InChI=1S/C22H27N5O5S/c1-15(28)16-10-17(22(29)32-7-6-30-2)12-18(11-16)31-5-3-8-33-9-4-27-14-26-19-20(23)24-13-25-21(19)27/h10-14H,3-9H2,1-2H3,(H2,23,24,25). The minimum atomic E-state index is -0.519. The molecular weight excluding hydrogens is 446 g/mol. The van der Waals surface area contributed by atoms with E-state index in [4.69, 9.17) is 19.9 Å². The molecule has 2 N–H and O–H groups in total. The summed E-state index contributed by atoms with van der Waals surface area (Å²) in [6.45, 7) is 3.11. The smallest absolute Gasteiger partial charge is 0.338 e. The van der Waals surface area contributed by atoms with Crippen LogP contribution in [0.25, 0.3) is 11.2 Å². The van der Waals surface area contributed by atoms with Crippen LogP contribution < -0.4 is 10.5 Å². The highest BCUT2D eigenvalue weighted by Gasteiger charge is 2.13. The zero-order chi connectivity index (χ0) is 23.6. The molecule has 0 aliphatic carbocycles. The number of ketones is 1. The summed E-state index contributed by atoms with van der Waals surface area (Å²) in [7, 11) is 1.53. The Balaban J connectivity index is 1.44. The highest BCUT2D eigenvalue weighted by molar-refractivity contribution is 7.99. The minimum Gasteiger partial charge on any atom is -0.494 e. The fourth-order valence-electron chi connectivity index (χ4n) is 2.98. The van der Waals surface area contributed by atoms with E-state index in [-0.39, 0.29) is 18.0 Å². The Morgan fingerprint density at radius 1 is 1.06 bits per heavy atom. The molecule has 176 valence electrons. The van der Waals surface area contributed by atoms with Crippen LogP contribution in [-0.4, -0.2) is 69.7 Å². The number of imidazole rings is 1. The van der Waals surface area contributed by atoms with Gasteiger partial charge in [-0.3, -0.25) is 4.79 Å². The third kappa shape index (κ3) is 6.90. The van der Waals surface area contributed by atoms with Crippen LogP contribution in [0.1, 0.15) is 34.1 Å². The second kappa shape index (κ2) is 12.2. The number of aryl methyl sites for hydroxylation is 1. The summed E-state index contributed by atoms with van der Waals surface area (Å²) in [4.78, 5) is 36.5. The van der Waals surface area contributed by atoms with E-state index in [2.05, 4.69) is 15.0 Å². The second-order valence-electron chi connectivity index (χ2n) is 7.11. The molecule has 0 bridgehead atoms. The van der Waals surface area contributed by atoms with E-state index >= 15 is 0 Å². The van der Waals surface area contributed by atoms with Gasteiger partial charge in [0.15, 0.2) is 17.2 Å². The van der Waals surface area contributed by atoms with Crippen molar-refractivity contribution >= 4 is 40.5 Å². The molecule has 0 fully saturated rings. The van der Waals surface area contributed by atoms with Crippen molar-refractivity contribution in [3.63, 3.8) is 0 Å². The highest BCUT2D eigenvalue weighted by atomic mass is 32.2. The first kappa shape index (κ1) is 24.5. The lowest BCUT2D eigenvalue weighted by atomic mass is 10.1. The Labute approximate surface area is 195 Å². The molecule has 3 aromatic rings. The van der Waals surface area contributed by atoms with Gasteiger partial charge in [-0.05, 0) is 37.3 Å². The lowest BCUT2D eigenvalue weighted by molar-refractivity contribution is 0.0387. The van der Waals surface area contributed by atoms with Gasteiger partial charge in [0.05, 0.1) is 25.1 Å². The summed E-state index contributed by atoms with van der Waals surface area (Å²) in [5.74, 6) is 1.95. The number of Topliss-reactive ketones (excluding diaryl/α,β-unsaturated/α-hetero) is 1. The van der Waals surface area contributed by atoms with Crippen molar-refractivity contribution in [1.82, 2.24) is 19.5 Å². The lowest BCUT2D eigenvalue weighted by Gasteiger charge is -2.10. The van der Waals surface area contributed by atoms with Gasteiger partial charge in [0, 0.05) is 25.0 Å². The Bertz CT molecular complexity index is 1100. The predicted molar refractivity (Wildman–Crippen MR) is 126 cm³/mol. The number of nitrogen functional groups attached to an aromatic ring is 1. The van der Waals surface area contributed by atoms with Crippen LogP contribution in [0.4, 0.5) is 5.82 Å². The van der Waals surface area contributed by atoms with Crippen molar-refractivity contribution in [3.05, 3.63) is 42.0 Å². The van der Waals surface area contributed by atoms with Gasteiger partial charge < -0.3 is 24.5 Å². The molecule has 0 spiro atoms. The van der Waals surface area contributed by atoms with Gasteiger partial charge in [0.25, 0.3) is 0 Å². The number of hydrogen-bond acceptors (Lipinski definition) is 10. The van der Waals surface area contributed by atoms with E-state index in [0.717, 1.165) is 30.1 Å². The van der Waals surface area contributed by atoms with Gasteiger partial charge >= 0.3 is 5.97 Å². The number of aromatic nitrogens is 4. The molecule has 10 nitrogen and oxygen atoms in total. The van der Waals surface area contributed by atoms with E-state index in [1.807, 2.05) is 4.57 Å². The number of rotatable bonds is 13. The summed E-state index contributed by atoms with van der Waals surface area (Å²) in [5, 5.41) is 0. The normalized spacial score (nSPS) is 11.0. The lowest BCUT2D eigenvalue weighted by Crippen LogP contribution is -2.11. The molecule has 0 radical (unpaired) electrons. The van der Waals surface area contributed by atoms with Crippen LogP contribution in [0, 0.1) is 0 Å². The summed E-state index contributed by atoms with van der Waals surface area (Å²) in [5.41, 5.74) is 7.84. The zero-order valence-corrected chi connectivity index (χ0v) is 19.5. The molecule has 0 aliphatic heterocycles. The average Bonchev–Trinajstić information content (AvgIpc) is 3.22. The average molecular weight is 474 g/mol. The van der Waals surface area contributed by atoms with E-state index in [1.54, 1.807) is 30.2 Å². The zero-order valence-electron chi connectivity index (χ0n) is 18.7. The Morgan fingerprint density at radius 2 is 1.88 bits per heavy atom. The number of carbonyl (C=O) groups is 2. The molecule has 0 amide bonds. The number of benzene rings is 1. The molecule has 2 heterocycles. The molecule has 0 unspecified atom stereocenters. The number of methoxy groups -OCH3 is 1. The number of nitrogens with two attached hydrogens (primary N) is 1. The van der Waals surface area contributed by atoms with Gasteiger partial charge in [0.2, 0.25) is 0 Å². The maximum Gasteiger partial charge on any atom is 0.338 e. The number of fused-ring (bicyclic) bond motifs is 1. The molecule has 33 heavy (non-hydrogen) atoms. The maximum absolute atomic E-state index is 12.2. The van der Waals surface area contributed by atoms with Crippen LogP contribution in [0.15, 0.2) is 30.9 Å². The first-order chi connectivity index (χ1) is 16.0. The number of hydrogen-bond donors (Lipinski definition) is 1. The number of ether oxygens (including phenoxy) is 3. The van der Waals surface area contributed by atoms with Gasteiger partial charge in [-0.1, -0.05) is 0 Å². The molecule has 0 saturated heterocycles.